The molecule has 4 nitrogen and oxygen atoms in total. The molecule has 0 aliphatic carbocycles. The highest BCUT2D eigenvalue weighted by molar-refractivity contribution is 5.86. The molecule has 0 unspecified atom stereocenters. The lowest BCUT2D eigenvalue weighted by Gasteiger charge is -2.23. The quantitative estimate of drug-likeness (QED) is 0.769. The summed E-state index contributed by atoms with van der Waals surface area (Å²) in [6, 6.07) is 3.62. The van der Waals surface area contributed by atoms with Crippen LogP contribution in [0.4, 0.5) is 5.69 Å². The lowest BCUT2D eigenvalue weighted by molar-refractivity contribution is -0.118. The average molecular weight is 204 g/mol. The monoisotopic (exact) mass is 204 g/mol. The Hall–Kier alpha value is -1.58. The third-order valence-electron chi connectivity index (χ3n) is 2.61. The van der Waals surface area contributed by atoms with Crippen LogP contribution in [0.5, 0.6) is 0 Å². The molecule has 1 saturated heterocycles. The standard InChI is InChI=1S/C11H14N3O/c1-8-4-5-9(7-13-8)14-6-2-3-10(14)11(12)15/h3-5,7,10H,2,6H2,1H3,(H2,12,15)/t10-/m0/s1. The van der Waals surface area contributed by atoms with Gasteiger partial charge in [-0.05, 0) is 31.9 Å². The molecule has 1 atom stereocenters. The van der Waals surface area contributed by atoms with E-state index in [-0.39, 0.29) is 11.9 Å². The van der Waals surface area contributed by atoms with E-state index in [0.717, 1.165) is 24.3 Å². The Kier molecular flexibility index (Phi) is 2.58. The number of rotatable bonds is 2. The number of hydrogen-bond acceptors (Lipinski definition) is 3. The van der Waals surface area contributed by atoms with E-state index in [4.69, 9.17) is 5.73 Å². The number of primary amides is 1. The Balaban J connectivity index is 2.22. The Bertz CT molecular complexity index is 361. The van der Waals surface area contributed by atoms with E-state index in [1.54, 1.807) is 6.20 Å². The zero-order valence-corrected chi connectivity index (χ0v) is 8.68. The highest BCUT2D eigenvalue weighted by Crippen LogP contribution is 2.23. The fourth-order valence-electron chi connectivity index (χ4n) is 1.83. The number of nitrogens with two attached hydrogens (primary N) is 1. The van der Waals surface area contributed by atoms with Crippen molar-refractivity contribution in [1.82, 2.24) is 4.98 Å². The topological polar surface area (TPSA) is 59.2 Å². The van der Waals surface area contributed by atoms with E-state index in [1.807, 2.05) is 30.4 Å². The number of nitrogens with zero attached hydrogens (tertiary/aromatic N) is 2. The van der Waals surface area contributed by atoms with Crippen LogP contribution in [0.3, 0.4) is 0 Å². The maximum Gasteiger partial charge on any atom is 0.240 e. The number of anilines is 1. The predicted octanol–water partition coefficient (Wildman–Crippen LogP) is 0.658. The van der Waals surface area contributed by atoms with E-state index >= 15 is 0 Å². The molecule has 0 aromatic carbocycles. The third kappa shape index (κ3) is 1.93. The highest BCUT2D eigenvalue weighted by atomic mass is 16.1. The second kappa shape index (κ2) is 3.88. The minimum absolute atomic E-state index is 0.283. The van der Waals surface area contributed by atoms with Gasteiger partial charge in [0.05, 0.1) is 11.9 Å². The van der Waals surface area contributed by atoms with Crippen LogP contribution < -0.4 is 10.6 Å². The maximum absolute atomic E-state index is 11.2. The highest BCUT2D eigenvalue weighted by Gasteiger charge is 2.29. The van der Waals surface area contributed by atoms with Gasteiger partial charge >= 0.3 is 0 Å². The van der Waals surface area contributed by atoms with Gasteiger partial charge in [0.2, 0.25) is 5.91 Å². The van der Waals surface area contributed by atoms with Crippen LogP contribution >= 0.6 is 0 Å². The second-order valence-corrected chi connectivity index (χ2v) is 3.72. The summed E-state index contributed by atoms with van der Waals surface area (Å²) in [5.74, 6) is -0.298. The van der Waals surface area contributed by atoms with Gasteiger partial charge < -0.3 is 10.6 Å². The van der Waals surface area contributed by atoms with E-state index in [2.05, 4.69) is 4.98 Å². The Morgan fingerprint density at radius 1 is 1.60 bits per heavy atom. The van der Waals surface area contributed by atoms with Gasteiger partial charge in [-0.25, -0.2) is 0 Å². The molecule has 2 heterocycles. The van der Waals surface area contributed by atoms with Crippen molar-refractivity contribution < 1.29 is 4.79 Å². The summed E-state index contributed by atoms with van der Waals surface area (Å²) in [7, 11) is 0. The van der Waals surface area contributed by atoms with Crippen molar-refractivity contribution >= 4 is 11.6 Å². The van der Waals surface area contributed by atoms with Crippen LogP contribution in [-0.4, -0.2) is 23.5 Å². The molecule has 2 N–H and O–H groups in total. The molecule has 2 rings (SSSR count). The number of aryl methyl sites for hydroxylation is 1. The number of aromatic nitrogens is 1. The zero-order chi connectivity index (χ0) is 10.8. The molecule has 0 saturated carbocycles. The molecule has 1 amide bonds. The largest absolute Gasteiger partial charge is 0.368 e. The molecule has 15 heavy (non-hydrogen) atoms. The molecule has 1 aromatic rings. The summed E-state index contributed by atoms with van der Waals surface area (Å²) in [6.45, 7) is 2.77. The van der Waals surface area contributed by atoms with Crippen molar-refractivity contribution in [1.29, 1.82) is 0 Å². The first-order valence-corrected chi connectivity index (χ1v) is 5.00. The van der Waals surface area contributed by atoms with Crippen LogP contribution in [0.25, 0.3) is 0 Å². The van der Waals surface area contributed by atoms with Crippen molar-refractivity contribution in [3.8, 4) is 0 Å². The van der Waals surface area contributed by atoms with Crippen LogP contribution in [0.15, 0.2) is 18.3 Å². The number of pyridine rings is 1. The Morgan fingerprint density at radius 2 is 2.40 bits per heavy atom. The van der Waals surface area contributed by atoms with Crippen molar-refractivity contribution in [3.63, 3.8) is 0 Å². The van der Waals surface area contributed by atoms with Gasteiger partial charge in [-0.2, -0.15) is 0 Å². The normalized spacial score (nSPS) is 20.6. The lowest BCUT2D eigenvalue weighted by Crippen LogP contribution is -2.40. The van der Waals surface area contributed by atoms with E-state index in [9.17, 15) is 4.79 Å². The molecule has 79 valence electrons. The van der Waals surface area contributed by atoms with Gasteiger partial charge in [0.1, 0.15) is 6.04 Å². The summed E-state index contributed by atoms with van der Waals surface area (Å²) in [5.41, 5.74) is 7.25. The predicted molar refractivity (Wildman–Crippen MR) is 58.2 cm³/mol. The fourth-order valence-corrected chi connectivity index (χ4v) is 1.83. The lowest BCUT2D eigenvalue weighted by atomic mass is 10.2. The Labute approximate surface area is 89.1 Å². The Morgan fingerprint density at radius 3 is 3.00 bits per heavy atom. The van der Waals surface area contributed by atoms with Crippen molar-refractivity contribution in [2.45, 2.75) is 19.4 Å². The second-order valence-electron chi connectivity index (χ2n) is 3.72. The number of carbonyl (C=O) groups is 1. The third-order valence-corrected chi connectivity index (χ3v) is 2.61. The molecule has 1 aliphatic rings. The fraction of sp³-hybridized carbons (Fsp3) is 0.364. The molecule has 1 aromatic heterocycles. The molecule has 1 fully saturated rings. The van der Waals surface area contributed by atoms with Gasteiger partial charge in [0.25, 0.3) is 0 Å². The van der Waals surface area contributed by atoms with Crippen molar-refractivity contribution in [2.75, 3.05) is 11.4 Å². The van der Waals surface area contributed by atoms with E-state index in [1.165, 1.54) is 0 Å². The van der Waals surface area contributed by atoms with Gasteiger partial charge in [-0.15, -0.1) is 0 Å². The number of amides is 1. The van der Waals surface area contributed by atoms with E-state index in [0.29, 0.717) is 0 Å². The average Bonchev–Trinajstić information content (AvgIpc) is 2.67. The van der Waals surface area contributed by atoms with Crippen LogP contribution in [0.2, 0.25) is 0 Å². The smallest absolute Gasteiger partial charge is 0.240 e. The van der Waals surface area contributed by atoms with Crippen molar-refractivity contribution in [3.05, 3.63) is 30.4 Å². The summed E-state index contributed by atoms with van der Waals surface area (Å²) >= 11 is 0. The zero-order valence-electron chi connectivity index (χ0n) is 8.68. The van der Waals surface area contributed by atoms with Crippen LogP contribution in [0, 0.1) is 13.3 Å². The maximum atomic E-state index is 11.2. The molecule has 1 aliphatic heterocycles. The molecule has 0 bridgehead atoms. The van der Waals surface area contributed by atoms with Crippen molar-refractivity contribution in [2.24, 2.45) is 5.73 Å². The first-order valence-electron chi connectivity index (χ1n) is 5.00. The summed E-state index contributed by atoms with van der Waals surface area (Å²) in [4.78, 5) is 17.4. The van der Waals surface area contributed by atoms with Crippen LogP contribution in [-0.2, 0) is 4.79 Å². The van der Waals surface area contributed by atoms with Gasteiger partial charge in [0, 0.05) is 12.2 Å². The van der Waals surface area contributed by atoms with E-state index < -0.39 is 0 Å². The first-order chi connectivity index (χ1) is 7.18. The minimum atomic E-state index is -0.298. The first kappa shape index (κ1) is 9.96. The summed E-state index contributed by atoms with van der Waals surface area (Å²) in [5, 5.41) is 0. The van der Waals surface area contributed by atoms with Gasteiger partial charge in [0.15, 0.2) is 0 Å². The summed E-state index contributed by atoms with van der Waals surface area (Å²) in [6.07, 6.45) is 4.62. The molecule has 0 spiro atoms. The molecule has 1 radical (unpaired) electrons. The minimum Gasteiger partial charge on any atom is -0.368 e. The van der Waals surface area contributed by atoms with Crippen LogP contribution in [0.1, 0.15) is 12.1 Å². The molecule has 4 heteroatoms. The summed E-state index contributed by atoms with van der Waals surface area (Å²) < 4.78 is 0. The van der Waals surface area contributed by atoms with Gasteiger partial charge in [-0.3, -0.25) is 9.78 Å². The van der Waals surface area contributed by atoms with Gasteiger partial charge in [-0.1, -0.05) is 0 Å². The number of hydrogen-bond donors (Lipinski definition) is 1. The number of carbonyl (C=O) groups excluding carboxylic acids is 1. The molecular weight excluding hydrogens is 190 g/mol. The SMILES string of the molecule is Cc1ccc(N2CC[CH][C@H]2C(N)=O)cn1. The molecular formula is C11H14N3O.